The lowest BCUT2D eigenvalue weighted by atomic mass is 10.2. The van der Waals surface area contributed by atoms with Crippen molar-refractivity contribution in [1.29, 1.82) is 0 Å². The van der Waals surface area contributed by atoms with E-state index in [9.17, 15) is 4.39 Å². The molecule has 1 aromatic carbocycles. The Labute approximate surface area is 104 Å². The van der Waals surface area contributed by atoms with Gasteiger partial charge in [0.2, 0.25) is 0 Å². The second kappa shape index (κ2) is 7.44. The second-order valence-electron chi connectivity index (χ2n) is 3.59. The molecule has 0 aliphatic carbocycles. The fourth-order valence-corrected chi connectivity index (χ4v) is 1.81. The van der Waals surface area contributed by atoms with E-state index < -0.39 is 0 Å². The summed E-state index contributed by atoms with van der Waals surface area (Å²) in [6.45, 7) is 4.30. The molecule has 0 radical (unpaired) electrons. The van der Waals surface area contributed by atoms with E-state index in [2.05, 4.69) is 22.5 Å². The quantitative estimate of drug-likeness (QED) is 0.521. The summed E-state index contributed by atoms with van der Waals surface area (Å²) < 4.78 is 19.1. The van der Waals surface area contributed by atoms with Crippen LogP contribution in [0.25, 0.3) is 0 Å². The standard InChI is InChI=1S/C13H16BrFO/c1-2-3-4-5-6-7-16-13-9-11(14)8-12(15)10-13/h2,8-10H,1,3-7H2. The Balaban J connectivity index is 2.23. The predicted molar refractivity (Wildman–Crippen MR) is 68.3 cm³/mol. The SMILES string of the molecule is C=CCCCCCOc1cc(F)cc(Br)c1. The highest BCUT2D eigenvalue weighted by molar-refractivity contribution is 9.10. The lowest BCUT2D eigenvalue weighted by Gasteiger charge is -2.06. The van der Waals surface area contributed by atoms with Crippen molar-refractivity contribution in [2.24, 2.45) is 0 Å². The molecule has 0 bridgehead atoms. The van der Waals surface area contributed by atoms with Crippen molar-refractivity contribution in [3.05, 3.63) is 41.1 Å². The van der Waals surface area contributed by atoms with Gasteiger partial charge in [0.15, 0.2) is 0 Å². The Morgan fingerprint density at radius 1 is 1.25 bits per heavy atom. The summed E-state index contributed by atoms with van der Waals surface area (Å²) in [6, 6.07) is 4.58. The van der Waals surface area contributed by atoms with Crippen LogP contribution < -0.4 is 4.74 Å². The molecule has 0 N–H and O–H groups in total. The summed E-state index contributed by atoms with van der Waals surface area (Å²) >= 11 is 3.23. The topological polar surface area (TPSA) is 9.23 Å². The molecular weight excluding hydrogens is 271 g/mol. The molecule has 1 rings (SSSR count). The van der Waals surface area contributed by atoms with Crippen molar-refractivity contribution in [2.75, 3.05) is 6.61 Å². The van der Waals surface area contributed by atoms with Gasteiger partial charge in [0.1, 0.15) is 11.6 Å². The van der Waals surface area contributed by atoms with Crippen LogP contribution in [-0.4, -0.2) is 6.61 Å². The highest BCUT2D eigenvalue weighted by atomic mass is 79.9. The average molecular weight is 287 g/mol. The van der Waals surface area contributed by atoms with Gasteiger partial charge in [0.05, 0.1) is 6.61 Å². The van der Waals surface area contributed by atoms with Crippen LogP contribution in [0, 0.1) is 5.82 Å². The van der Waals surface area contributed by atoms with Crippen LogP contribution >= 0.6 is 15.9 Å². The van der Waals surface area contributed by atoms with Gasteiger partial charge in [-0.1, -0.05) is 22.0 Å². The molecule has 3 heteroatoms. The number of ether oxygens (including phenoxy) is 1. The van der Waals surface area contributed by atoms with Gasteiger partial charge >= 0.3 is 0 Å². The number of halogens is 2. The first-order chi connectivity index (χ1) is 7.72. The molecule has 0 atom stereocenters. The summed E-state index contributed by atoms with van der Waals surface area (Å²) in [5, 5.41) is 0. The minimum absolute atomic E-state index is 0.281. The van der Waals surface area contributed by atoms with Crippen molar-refractivity contribution in [1.82, 2.24) is 0 Å². The van der Waals surface area contributed by atoms with Crippen LogP contribution in [0.3, 0.4) is 0 Å². The third-order valence-electron chi connectivity index (χ3n) is 2.16. The van der Waals surface area contributed by atoms with Crippen molar-refractivity contribution in [3.8, 4) is 5.75 Å². The number of unbranched alkanes of at least 4 members (excludes halogenated alkanes) is 3. The van der Waals surface area contributed by atoms with Crippen molar-refractivity contribution in [2.45, 2.75) is 25.7 Å². The van der Waals surface area contributed by atoms with E-state index in [1.165, 1.54) is 12.1 Å². The van der Waals surface area contributed by atoms with Gasteiger partial charge in [-0.25, -0.2) is 4.39 Å². The molecule has 1 aromatic rings. The van der Waals surface area contributed by atoms with E-state index >= 15 is 0 Å². The van der Waals surface area contributed by atoms with Gasteiger partial charge < -0.3 is 4.74 Å². The molecule has 0 saturated heterocycles. The molecule has 0 unspecified atom stereocenters. The smallest absolute Gasteiger partial charge is 0.128 e. The maximum atomic E-state index is 13.0. The van der Waals surface area contributed by atoms with Crippen LogP contribution in [0.2, 0.25) is 0 Å². The molecule has 88 valence electrons. The van der Waals surface area contributed by atoms with Gasteiger partial charge in [0.25, 0.3) is 0 Å². The highest BCUT2D eigenvalue weighted by Gasteiger charge is 1.99. The molecule has 0 aliphatic rings. The van der Waals surface area contributed by atoms with Crippen LogP contribution in [0.1, 0.15) is 25.7 Å². The van der Waals surface area contributed by atoms with E-state index in [0.717, 1.165) is 25.7 Å². The van der Waals surface area contributed by atoms with Crippen LogP contribution in [0.5, 0.6) is 5.75 Å². The minimum atomic E-state index is -0.281. The van der Waals surface area contributed by atoms with Crippen LogP contribution in [0.4, 0.5) is 4.39 Å². The van der Waals surface area contributed by atoms with Crippen LogP contribution in [-0.2, 0) is 0 Å². The first-order valence-corrected chi connectivity index (χ1v) is 6.21. The van der Waals surface area contributed by atoms with Gasteiger partial charge in [-0.15, -0.1) is 6.58 Å². The van der Waals surface area contributed by atoms with Gasteiger partial charge in [-0.05, 0) is 37.8 Å². The van der Waals surface area contributed by atoms with Crippen LogP contribution in [0.15, 0.2) is 35.3 Å². The molecule has 0 amide bonds. The van der Waals surface area contributed by atoms with Crippen molar-refractivity contribution in [3.63, 3.8) is 0 Å². The first kappa shape index (κ1) is 13.2. The highest BCUT2D eigenvalue weighted by Crippen LogP contribution is 2.20. The zero-order chi connectivity index (χ0) is 11.8. The molecular formula is C13H16BrFO. The van der Waals surface area contributed by atoms with Crippen molar-refractivity contribution < 1.29 is 9.13 Å². The van der Waals surface area contributed by atoms with Gasteiger partial charge in [0, 0.05) is 10.5 Å². The second-order valence-corrected chi connectivity index (χ2v) is 4.51. The molecule has 0 saturated carbocycles. The Morgan fingerprint density at radius 3 is 2.75 bits per heavy atom. The first-order valence-electron chi connectivity index (χ1n) is 5.42. The number of benzene rings is 1. The Morgan fingerprint density at radius 2 is 2.06 bits per heavy atom. The summed E-state index contributed by atoms with van der Waals surface area (Å²) in [6.07, 6.45) is 6.21. The lowest BCUT2D eigenvalue weighted by molar-refractivity contribution is 0.304. The third-order valence-corrected chi connectivity index (χ3v) is 2.62. The molecule has 0 fully saturated rings. The van der Waals surface area contributed by atoms with E-state index in [1.807, 2.05) is 6.08 Å². The third kappa shape index (κ3) is 5.31. The van der Waals surface area contributed by atoms with E-state index in [1.54, 1.807) is 6.07 Å². The minimum Gasteiger partial charge on any atom is -0.493 e. The van der Waals surface area contributed by atoms with E-state index in [-0.39, 0.29) is 5.82 Å². The molecule has 16 heavy (non-hydrogen) atoms. The summed E-state index contributed by atoms with van der Waals surface area (Å²) in [5.41, 5.74) is 0. The molecule has 0 spiro atoms. The Kier molecular flexibility index (Phi) is 6.16. The molecule has 0 aromatic heterocycles. The van der Waals surface area contributed by atoms with E-state index in [4.69, 9.17) is 4.74 Å². The predicted octanol–water partition coefficient (Wildman–Crippen LogP) is 4.71. The zero-order valence-electron chi connectivity index (χ0n) is 9.22. The Bertz CT molecular complexity index is 318. The molecule has 0 heterocycles. The number of allylic oxidation sites excluding steroid dienone is 1. The summed E-state index contributed by atoms with van der Waals surface area (Å²) in [4.78, 5) is 0. The normalized spacial score (nSPS) is 10.1. The van der Waals surface area contributed by atoms with Crippen molar-refractivity contribution >= 4 is 15.9 Å². The average Bonchev–Trinajstić information content (AvgIpc) is 2.22. The monoisotopic (exact) mass is 286 g/mol. The number of rotatable bonds is 7. The number of hydrogen-bond acceptors (Lipinski definition) is 1. The molecule has 1 nitrogen and oxygen atoms in total. The summed E-state index contributed by atoms with van der Waals surface area (Å²) in [7, 11) is 0. The fraction of sp³-hybridized carbons (Fsp3) is 0.385. The van der Waals surface area contributed by atoms with Gasteiger partial charge in [-0.3, -0.25) is 0 Å². The van der Waals surface area contributed by atoms with Gasteiger partial charge in [-0.2, -0.15) is 0 Å². The number of hydrogen-bond donors (Lipinski definition) is 0. The molecule has 0 aliphatic heterocycles. The summed E-state index contributed by atoms with van der Waals surface area (Å²) in [5.74, 6) is 0.298. The lowest BCUT2D eigenvalue weighted by Crippen LogP contribution is -1.97. The fourth-order valence-electron chi connectivity index (χ4n) is 1.37. The maximum absolute atomic E-state index is 13.0. The van der Waals surface area contributed by atoms with E-state index in [0.29, 0.717) is 16.8 Å². The maximum Gasteiger partial charge on any atom is 0.128 e. The largest absolute Gasteiger partial charge is 0.493 e. The zero-order valence-corrected chi connectivity index (χ0v) is 10.8. The Hall–Kier alpha value is -0.830.